The number of rotatable bonds is 2. The number of fused-ring (bicyclic) bond motifs is 1. The van der Waals surface area contributed by atoms with E-state index in [1.807, 2.05) is 0 Å². The number of nitrogens with zero attached hydrogens (tertiary/aromatic N) is 1. The van der Waals surface area contributed by atoms with E-state index in [1.54, 1.807) is 12.3 Å². The van der Waals surface area contributed by atoms with E-state index in [1.165, 1.54) is 16.4 Å². The SMILES string of the molecule is O=C(O)c1cc(N2CCCCS2(=O)=O)c2cc[nH]c2c1. The third-order valence-electron chi connectivity index (χ3n) is 3.51. The van der Waals surface area contributed by atoms with Crippen molar-refractivity contribution in [1.29, 1.82) is 0 Å². The van der Waals surface area contributed by atoms with E-state index in [2.05, 4.69) is 4.98 Å². The Morgan fingerprint density at radius 3 is 2.80 bits per heavy atom. The number of aromatic amines is 1. The van der Waals surface area contributed by atoms with Crippen LogP contribution in [0.15, 0.2) is 24.4 Å². The highest BCUT2D eigenvalue weighted by Crippen LogP contribution is 2.32. The van der Waals surface area contributed by atoms with Crippen LogP contribution in [0.3, 0.4) is 0 Å². The lowest BCUT2D eigenvalue weighted by atomic mass is 10.1. The van der Waals surface area contributed by atoms with Crippen molar-refractivity contribution in [2.45, 2.75) is 12.8 Å². The summed E-state index contributed by atoms with van der Waals surface area (Å²) in [6.07, 6.45) is 3.10. The third kappa shape index (κ3) is 2.03. The molecular formula is C13H14N2O4S. The van der Waals surface area contributed by atoms with E-state index < -0.39 is 16.0 Å². The molecule has 1 aliphatic heterocycles. The molecule has 7 heteroatoms. The maximum atomic E-state index is 12.2. The summed E-state index contributed by atoms with van der Waals surface area (Å²) in [6.45, 7) is 0.395. The molecule has 1 aliphatic rings. The van der Waals surface area contributed by atoms with Gasteiger partial charge in [0.05, 0.1) is 17.0 Å². The molecule has 0 unspecified atom stereocenters. The molecule has 1 aromatic heterocycles. The standard InChI is InChI=1S/C13H14N2O4S/c16-13(17)9-7-11-10(3-4-14-11)12(8-9)15-5-1-2-6-20(15,18)19/h3-4,7-8,14H,1-2,5-6H2,(H,16,17). The number of hydrogen-bond acceptors (Lipinski definition) is 3. The Bertz CT molecular complexity index is 779. The van der Waals surface area contributed by atoms with Gasteiger partial charge in [0.25, 0.3) is 0 Å². The van der Waals surface area contributed by atoms with Crippen LogP contribution in [0.1, 0.15) is 23.2 Å². The number of benzene rings is 1. The minimum Gasteiger partial charge on any atom is -0.478 e. The highest BCUT2D eigenvalue weighted by Gasteiger charge is 2.28. The number of aromatic nitrogens is 1. The van der Waals surface area contributed by atoms with Crippen molar-refractivity contribution >= 4 is 32.6 Å². The van der Waals surface area contributed by atoms with Crippen LogP contribution in [0, 0.1) is 0 Å². The van der Waals surface area contributed by atoms with Crippen LogP contribution in [0.2, 0.25) is 0 Å². The molecule has 2 aromatic rings. The van der Waals surface area contributed by atoms with Crippen LogP contribution in [0.4, 0.5) is 5.69 Å². The number of nitrogens with one attached hydrogen (secondary N) is 1. The Hall–Kier alpha value is -2.02. The number of hydrogen-bond donors (Lipinski definition) is 2. The van der Waals surface area contributed by atoms with E-state index in [0.717, 1.165) is 11.8 Å². The fourth-order valence-corrected chi connectivity index (χ4v) is 4.18. The van der Waals surface area contributed by atoms with Crippen LogP contribution >= 0.6 is 0 Å². The molecule has 106 valence electrons. The van der Waals surface area contributed by atoms with Crippen molar-refractivity contribution in [3.05, 3.63) is 30.0 Å². The maximum Gasteiger partial charge on any atom is 0.335 e. The first kappa shape index (κ1) is 13.0. The highest BCUT2D eigenvalue weighted by atomic mass is 32.2. The van der Waals surface area contributed by atoms with Gasteiger partial charge < -0.3 is 10.1 Å². The van der Waals surface area contributed by atoms with E-state index in [-0.39, 0.29) is 11.3 Å². The van der Waals surface area contributed by atoms with Gasteiger partial charge >= 0.3 is 5.97 Å². The molecule has 0 saturated carbocycles. The summed E-state index contributed by atoms with van der Waals surface area (Å²) in [6, 6.07) is 4.71. The van der Waals surface area contributed by atoms with Gasteiger partial charge in [0.2, 0.25) is 10.0 Å². The lowest BCUT2D eigenvalue weighted by Crippen LogP contribution is -2.38. The fourth-order valence-electron chi connectivity index (χ4n) is 2.54. The van der Waals surface area contributed by atoms with E-state index in [0.29, 0.717) is 24.2 Å². The van der Waals surface area contributed by atoms with Crippen molar-refractivity contribution in [2.24, 2.45) is 0 Å². The van der Waals surface area contributed by atoms with Gasteiger partial charge in [0, 0.05) is 23.6 Å². The summed E-state index contributed by atoms with van der Waals surface area (Å²) >= 11 is 0. The zero-order chi connectivity index (χ0) is 14.3. The Kier molecular flexibility index (Phi) is 2.93. The summed E-state index contributed by atoms with van der Waals surface area (Å²) in [4.78, 5) is 14.1. The summed E-state index contributed by atoms with van der Waals surface area (Å²) in [5.41, 5.74) is 1.15. The highest BCUT2D eigenvalue weighted by molar-refractivity contribution is 7.92. The van der Waals surface area contributed by atoms with Crippen molar-refractivity contribution in [3.63, 3.8) is 0 Å². The zero-order valence-corrected chi connectivity index (χ0v) is 11.5. The summed E-state index contributed by atoms with van der Waals surface area (Å²) in [5.74, 6) is -0.965. The van der Waals surface area contributed by atoms with Crippen molar-refractivity contribution in [2.75, 3.05) is 16.6 Å². The number of aromatic carboxylic acids is 1. The van der Waals surface area contributed by atoms with Crippen molar-refractivity contribution < 1.29 is 18.3 Å². The summed E-state index contributed by atoms with van der Waals surface area (Å²) in [5, 5.41) is 9.88. The van der Waals surface area contributed by atoms with Crippen molar-refractivity contribution in [3.8, 4) is 0 Å². The van der Waals surface area contributed by atoms with Gasteiger partial charge in [-0.25, -0.2) is 13.2 Å². The Morgan fingerprint density at radius 2 is 2.10 bits per heavy atom. The molecule has 1 saturated heterocycles. The first-order valence-corrected chi connectivity index (χ1v) is 7.95. The third-order valence-corrected chi connectivity index (χ3v) is 5.37. The first-order chi connectivity index (χ1) is 9.49. The summed E-state index contributed by atoms with van der Waals surface area (Å²) < 4.78 is 25.7. The van der Waals surface area contributed by atoms with Gasteiger partial charge in [-0.3, -0.25) is 4.31 Å². The van der Waals surface area contributed by atoms with Gasteiger partial charge in [-0.15, -0.1) is 0 Å². The molecule has 0 aliphatic carbocycles. The molecule has 0 bridgehead atoms. The first-order valence-electron chi connectivity index (χ1n) is 6.34. The van der Waals surface area contributed by atoms with Crippen molar-refractivity contribution in [1.82, 2.24) is 4.98 Å². The van der Waals surface area contributed by atoms with E-state index in [4.69, 9.17) is 5.11 Å². The minimum absolute atomic E-state index is 0.0794. The van der Waals surface area contributed by atoms with Gasteiger partial charge in [-0.05, 0) is 31.0 Å². The average molecular weight is 294 g/mol. The normalized spacial score (nSPS) is 18.3. The van der Waals surface area contributed by atoms with Crippen LogP contribution in [-0.4, -0.2) is 36.8 Å². The quantitative estimate of drug-likeness (QED) is 0.883. The molecular weight excluding hydrogens is 280 g/mol. The average Bonchev–Trinajstić information content (AvgIpc) is 2.85. The Morgan fingerprint density at radius 1 is 1.30 bits per heavy atom. The number of carboxylic acid groups (broad SMARTS) is 1. The summed E-state index contributed by atoms with van der Waals surface area (Å²) in [7, 11) is -3.36. The molecule has 0 atom stereocenters. The predicted molar refractivity (Wildman–Crippen MR) is 75.6 cm³/mol. The molecule has 1 fully saturated rings. The topological polar surface area (TPSA) is 90.5 Å². The second kappa shape index (κ2) is 4.52. The fraction of sp³-hybridized carbons (Fsp3) is 0.308. The lowest BCUT2D eigenvalue weighted by Gasteiger charge is -2.29. The number of anilines is 1. The van der Waals surface area contributed by atoms with E-state index >= 15 is 0 Å². The Labute approximate surface area is 116 Å². The van der Waals surface area contributed by atoms with Gasteiger partial charge in [0.15, 0.2) is 0 Å². The van der Waals surface area contributed by atoms with Gasteiger partial charge in [0.1, 0.15) is 0 Å². The second-order valence-corrected chi connectivity index (χ2v) is 6.85. The smallest absolute Gasteiger partial charge is 0.335 e. The van der Waals surface area contributed by atoms with Gasteiger partial charge in [-0.1, -0.05) is 0 Å². The number of carbonyl (C=O) groups is 1. The molecule has 6 nitrogen and oxygen atoms in total. The minimum atomic E-state index is -3.36. The molecule has 20 heavy (non-hydrogen) atoms. The van der Waals surface area contributed by atoms with Crippen LogP contribution in [-0.2, 0) is 10.0 Å². The molecule has 0 amide bonds. The predicted octanol–water partition coefficient (Wildman–Crippen LogP) is 1.80. The van der Waals surface area contributed by atoms with Gasteiger partial charge in [-0.2, -0.15) is 0 Å². The number of H-pyrrole nitrogens is 1. The number of carboxylic acids is 1. The lowest BCUT2D eigenvalue weighted by molar-refractivity contribution is 0.0697. The maximum absolute atomic E-state index is 12.2. The van der Waals surface area contributed by atoms with Crippen LogP contribution in [0.5, 0.6) is 0 Å². The monoisotopic (exact) mass is 294 g/mol. The molecule has 2 heterocycles. The zero-order valence-electron chi connectivity index (χ0n) is 10.7. The van der Waals surface area contributed by atoms with Crippen LogP contribution < -0.4 is 4.31 Å². The molecule has 0 radical (unpaired) electrons. The van der Waals surface area contributed by atoms with Crippen LogP contribution in [0.25, 0.3) is 10.9 Å². The number of sulfonamides is 1. The molecule has 0 spiro atoms. The van der Waals surface area contributed by atoms with E-state index in [9.17, 15) is 13.2 Å². The molecule has 2 N–H and O–H groups in total. The Balaban J connectivity index is 2.23. The second-order valence-electron chi connectivity index (χ2n) is 4.83. The molecule has 1 aromatic carbocycles. The molecule has 3 rings (SSSR count). The largest absolute Gasteiger partial charge is 0.478 e.